The van der Waals surface area contributed by atoms with Gasteiger partial charge in [0.2, 0.25) is 0 Å². The zero-order valence-electron chi connectivity index (χ0n) is 18.3. The average molecular weight is 466 g/mol. The molecule has 3 N–H and O–H groups in total. The quantitative estimate of drug-likeness (QED) is 0.477. The third-order valence-corrected chi connectivity index (χ3v) is 5.26. The second kappa shape index (κ2) is 11.6. The van der Waals surface area contributed by atoms with Gasteiger partial charge in [0.15, 0.2) is 5.58 Å². The fraction of sp³-hybridized carbons (Fsp3) is 0.318. The molecule has 3 rings (SSSR count). The Bertz CT molecular complexity index is 1140. The highest BCUT2D eigenvalue weighted by molar-refractivity contribution is 7.85. The average Bonchev–Trinajstić information content (AvgIpc) is 3.18. The van der Waals surface area contributed by atoms with E-state index in [0.29, 0.717) is 29.3 Å². The summed E-state index contributed by atoms with van der Waals surface area (Å²) in [5.74, 6) is 0.594. The topological polar surface area (TPSA) is 119 Å². The van der Waals surface area contributed by atoms with Crippen molar-refractivity contribution >= 4 is 27.2 Å². The number of nitrogens with zero attached hydrogens (tertiary/aromatic N) is 2. The summed E-state index contributed by atoms with van der Waals surface area (Å²) in [6.45, 7) is 5.06. The molecule has 0 saturated heterocycles. The lowest BCUT2D eigenvalue weighted by atomic mass is 10.2. The lowest BCUT2D eigenvalue weighted by Crippen LogP contribution is -2.17. The van der Waals surface area contributed by atoms with Crippen molar-refractivity contribution < 1.29 is 26.5 Å². The van der Waals surface area contributed by atoms with Crippen molar-refractivity contribution in [2.45, 2.75) is 25.2 Å². The monoisotopic (exact) mass is 465 g/mol. The summed E-state index contributed by atoms with van der Waals surface area (Å²) in [7, 11) is -2.08. The van der Waals surface area contributed by atoms with Crippen LogP contribution in [0.1, 0.15) is 18.9 Å². The molecule has 174 valence electrons. The van der Waals surface area contributed by atoms with E-state index < -0.39 is 10.1 Å². The van der Waals surface area contributed by atoms with Crippen LogP contribution in [0.3, 0.4) is 0 Å². The summed E-state index contributed by atoms with van der Waals surface area (Å²) in [6.07, 6.45) is 1.49. The van der Waals surface area contributed by atoms with Gasteiger partial charge in [-0.25, -0.2) is 4.39 Å². The smallest absolute Gasteiger partial charge is 0.298 e. The molecule has 0 fully saturated rings. The number of halogens is 1. The Kier molecular flexibility index (Phi) is 9.18. The fourth-order valence-electron chi connectivity index (χ4n) is 2.60. The van der Waals surface area contributed by atoms with Crippen LogP contribution in [0.25, 0.3) is 11.1 Å². The third-order valence-electron chi connectivity index (χ3n) is 4.39. The summed E-state index contributed by atoms with van der Waals surface area (Å²) in [5, 5.41) is 0. The zero-order valence-corrected chi connectivity index (χ0v) is 19.1. The van der Waals surface area contributed by atoms with E-state index in [9.17, 15) is 12.8 Å². The van der Waals surface area contributed by atoms with Crippen molar-refractivity contribution in [3.05, 3.63) is 59.9 Å². The summed E-state index contributed by atoms with van der Waals surface area (Å²) in [5.41, 5.74) is 8.14. The summed E-state index contributed by atoms with van der Waals surface area (Å²) in [4.78, 5) is 6.30. The molecule has 0 aliphatic heterocycles. The highest BCUT2D eigenvalue weighted by atomic mass is 32.2. The van der Waals surface area contributed by atoms with Crippen LogP contribution in [0.5, 0.6) is 5.75 Å². The predicted molar refractivity (Wildman–Crippen MR) is 122 cm³/mol. The number of aromatic nitrogens is 1. The molecular formula is C22H28FN3O5S. The van der Waals surface area contributed by atoms with Crippen molar-refractivity contribution in [3.63, 3.8) is 0 Å². The van der Waals surface area contributed by atoms with Gasteiger partial charge in [-0.3, -0.25) is 4.55 Å². The molecule has 0 amide bonds. The second-order valence-electron chi connectivity index (χ2n) is 7.10. The van der Waals surface area contributed by atoms with Gasteiger partial charge in [0.25, 0.3) is 16.1 Å². The molecule has 0 atom stereocenters. The Morgan fingerprint density at radius 3 is 2.53 bits per heavy atom. The number of oxazole rings is 1. The Labute approximate surface area is 187 Å². The van der Waals surface area contributed by atoms with Gasteiger partial charge in [-0.2, -0.15) is 13.4 Å². The van der Waals surface area contributed by atoms with E-state index >= 15 is 0 Å². The van der Waals surface area contributed by atoms with Crippen LogP contribution < -0.4 is 15.4 Å². The summed E-state index contributed by atoms with van der Waals surface area (Å²) < 4.78 is 53.2. The number of rotatable bonds is 8. The minimum atomic E-state index is -4.02. The number of nitrogens with two attached hydrogens (primary N) is 1. The Morgan fingerprint density at radius 1 is 1.28 bits per heavy atom. The normalized spacial score (nSPS) is 11.8. The molecule has 10 heteroatoms. The molecule has 0 unspecified atom stereocenters. The van der Waals surface area contributed by atoms with Gasteiger partial charge in [-0.05, 0) is 37.6 Å². The number of fused-ring (bicyclic) bond motifs is 1. The van der Waals surface area contributed by atoms with Gasteiger partial charge in [-0.15, -0.1) is 0 Å². The van der Waals surface area contributed by atoms with Crippen molar-refractivity contribution in [2.75, 3.05) is 31.6 Å². The van der Waals surface area contributed by atoms with Gasteiger partial charge in [0, 0.05) is 31.8 Å². The van der Waals surface area contributed by atoms with Crippen LogP contribution in [-0.4, -0.2) is 44.7 Å². The van der Waals surface area contributed by atoms with E-state index in [-0.39, 0.29) is 18.0 Å². The first-order chi connectivity index (χ1) is 15.2. The molecule has 32 heavy (non-hydrogen) atoms. The second-order valence-corrected chi connectivity index (χ2v) is 8.52. The lowest BCUT2D eigenvalue weighted by Gasteiger charge is -2.11. The first kappa shape index (κ1) is 25.3. The molecule has 0 aliphatic carbocycles. The SMILES string of the molecule is CCCN(C)c1nc2ccc(OC/C(=C/F)CN)cc2o1.Cc1ccc(S(=O)(=O)O)cc1. The van der Waals surface area contributed by atoms with Crippen LogP contribution >= 0.6 is 0 Å². The molecule has 8 nitrogen and oxygen atoms in total. The Balaban J connectivity index is 0.000000278. The molecule has 0 radical (unpaired) electrons. The number of benzene rings is 2. The number of hydrogen-bond acceptors (Lipinski definition) is 7. The maximum atomic E-state index is 12.4. The summed E-state index contributed by atoms with van der Waals surface area (Å²) in [6, 6.07) is 11.9. The highest BCUT2D eigenvalue weighted by Crippen LogP contribution is 2.25. The van der Waals surface area contributed by atoms with E-state index in [1.807, 2.05) is 24.9 Å². The molecule has 0 spiro atoms. The Morgan fingerprint density at radius 2 is 1.97 bits per heavy atom. The number of anilines is 1. The Hall–Kier alpha value is -2.95. The maximum Gasteiger partial charge on any atom is 0.298 e. The molecule has 1 heterocycles. The molecule has 1 aromatic heterocycles. The molecule has 2 aromatic carbocycles. The largest absolute Gasteiger partial charge is 0.489 e. The van der Waals surface area contributed by atoms with Gasteiger partial charge in [0.1, 0.15) is 17.9 Å². The van der Waals surface area contributed by atoms with E-state index in [0.717, 1.165) is 24.0 Å². The first-order valence-electron chi connectivity index (χ1n) is 9.94. The maximum absolute atomic E-state index is 12.4. The van der Waals surface area contributed by atoms with E-state index in [1.165, 1.54) is 12.1 Å². The zero-order chi connectivity index (χ0) is 23.7. The van der Waals surface area contributed by atoms with Crippen LogP contribution in [0, 0.1) is 6.92 Å². The molecule has 0 bridgehead atoms. The highest BCUT2D eigenvalue weighted by Gasteiger charge is 2.11. The van der Waals surface area contributed by atoms with Crippen molar-refractivity contribution in [2.24, 2.45) is 5.73 Å². The molecule has 3 aromatic rings. The molecule has 0 saturated carbocycles. The van der Waals surface area contributed by atoms with Crippen molar-refractivity contribution in [1.29, 1.82) is 0 Å². The van der Waals surface area contributed by atoms with E-state index in [2.05, 4.69) is 11.9 Å². The minimum absolute atomic E-state index is 0.0666. The minimum Gasteiger partial charge on any atom is -0.489 e. The predicted octanol–water partition coefficient (Wildman–Crippen LogP) is 4.11. The number of hydrogen-bond donors (Lipinski definition) is 2. The van der Waals surface area contributed by atoms with Crippen LogP contribution in [0.2, 0.25) is 0 Å². The van der Waals surface area contributed by atoms with Crippen LogP contribution in [0.15, 0.2) is 63.7 Å². The van der Waals surface area contributed by atoms with Gasteiger partial charge in [0.05, 0.1) is 11.2 Å². The number of aryl methyl sites for hydroxylation is 1. The van der Waals surface area contributed by atoms with Crippen LogP contribution in [-0.2, 0) is 10.1 Å². The lowest BCUT2D eigenvalue weighted by molar-refractivity contribution is 0.347. The van der Waals surface area contributed by atoms with Crippen molar-refractivity contribution in [1.82, 2.24) is 4.98 Å². The molecular weight excluding hydrogens is 437 g/mol. The fourth-order valence-corrected chi connectivity index (χ4v) is 3.08. The van der Waals surface area contributed by atoms with Gasteiger partial charge < -0.3 is 19.8 Å². The standard InChI is InChI=1S/C15H20FN3O2.C7H8O3S/c1-3-6-19(2)15-18-13-5-4-12(7-14(13)21-15)20-10-11(8-16)9-17;1-6-2-4-7(5-3-6)11(8,9)10/h4-5,7-8H,3,6,9-10,17H2,1-2H3;2-5H,1H3,(H,8,9,10)/b11-8+;. The van der Waals surface area contributed by atoms with Gasteiger partial charge >= 0.3 is 0 Å². The van der Waals surface area contributed by atoms with E-state index in [4.69, 9.17) is 19.4 Å². The first-order valence-corrected chi connectivity index (χ1v) is 11.4. The van der Waals surface area contributed by atoms with Crippen LogP contribution in [0.4, 0.5) is 10.4 Å². The molecule has 0 aliphatic rings. The number of ether oxygens (including phenoxy) is 1. The van der Waals surface area contributed by atoms with E-state index in [1.54, 1.807) is 24.3 Å². The third kappa shape index (κ3) is 7.33. The van der Waals surface area contributed by atoms with Crippen molar-refractivity contribution in [3.8, 4) is 5.75 Å². The van der Waals surface area contributed by atoms with Gasteiger partial charge in [-0.1, -0.05) is 24.6 Å². The summed E-state index contributed by atoms with van der Waals surface area (Å²) >= 11 is 0.